The van der Waals surface area contributed by atoms with Crippen LogP contribution in [0.5, 0.6) is 5.75 Å². The fourth-order valence-electron chi connectivity index (χ4n) is 2.37. The summed E-state index contributed by atoms with van der Waals surface area (Å²) in [5.41, 5.74) is 0.823. The summed E-state index contributed by atoms with van der Waals surface area (Å²) in [5, 5.41) is 9.73. The molecule has 1 N–H and O–H groups in total. The van der Waals surface area contributed by atoms with Crippen LogP contribution in [0.1, 0.15) is 37.8 Å². The Hall–Kier alpha value is -1.09. The van der Waals surface area contributed by atoms with E-state index < -0.39 is 0 Å². The van der Waals surface area contributed by atoms with Gasteiger partial charge >= 0.3 is 0 Å². The molecule has 1 heterocycles. The molecule has 0 radical (unpaired) electrons. The minimum Gasteiger partial charge on any atom is -0.508 e. The molecule has 2 nitrogen and oxygen atoms in total. The fourth-order valence-corrected chi connectivity index (χ4v) is 2.37. The van der Waals surface area contributed by atoms with Crippen molar-refractivity contribution in [1.82, 2.24) is 4.90 Å². The van der Waals surface area contributed by atoms with Crippen LogP contribution in [0.25, 0.3) is 0 Å². The van der Waals surface area contributed by atoms with Gasteiger partial charge in [-0.05, 0) is 38.9 Å². The number of phenolic OH excluding ortho intramolecular Hbond substituents is 1. The standard InChI is InChI=1S/C13H18FNO/c1-10(15-7-3-2-4-8-15)12-6-5-11(14)9-13(12)16/h5-6,9-10,16H,2-4,7-8H2,1H3. The van der Waals surface area contributed by atoms with Crippen LogP contribution < -0.4 is 0 Å². The van der Waals surface area contributed by atoms with Gasteiger partial charge in [-0.25, -0.2) is 4.39 Å². The number of halogens is 1. The molecule has 0 spiro atoms. The van der Waals surface area contributed by atoms with E-state index in [1.54, 1.807) is 6.07 Å². The third kappa shape index (κ3) is 2.35. The monoisotopic (exact) mass is 223 g/mol. The van der Waals surface area contributed by atoms with Crippen molar-refractivity contribution >= 4 is 0 Å². The molecule has 2 rings (SSSR count). The quantitative estimate of drug-likeness (QED) is 0.832. The van der Waals surface area contributed by atoms with Crippen LogP contribution in [-0.4, -0.2) is 23.1 Å². The molecule has 1 saturated heterocycles. The number of hydrogen-bond donors (Lipinski definition) is 1. The summed E-state index contributed by atoms with van der Waals surface area (Å²) < 4.78 is 12.9. The number of likely N-dealkylation sites (tertiary alicyclic amines) is 1. The zero-order chi connectivity index (χ0) is 11.5. The number of piperidine rings is 1. The third-order valence-corrected chi connectivity index (χ3v) is 3.38. The van der Waals surface area contributed by atoms with E-state index in [2.05, 4.69) is 11.8 Å². The van der Waals surface area contributed by atoms with E-state index >= 15 is 0 Å². The highest BCUT2D eigenvalue weighted by Crippen LogP contribution is 2.30. The van der Waals surface area contributed by atoms with Crippen molar-refractivity contribution in [3.63, 3.8) is 0 Å². The summed E-state index contributed by atoms with van der Waals surface area (Å²) in [7, 11) is 0. The Labute approximate surface area is 95.7 Å². The van der Waals surface area contributed by atoms with Gasteiger partial charge in [0.2, 0.25) is 0 Å². The van der Waals surface area contributed by atoms with Gasteiger partial charge in [0.05, 0.1) is 0 Å². The van der Waals surface area contributed by atoms with Crippen molar-refractivity contribution in [2.45, 2.75) is 32.2 Å². The lowest BCUT2D eigenvalue weighted by atomic mass is 10.0. The molecule has 3 heteroatoms. The first-order chi connectivity index (χ1) is 7.68. The lowest BCUT2D eigenvalue weighted by Crippen LogP contribution is -2.32. The van der Waals surface area contributed by atoms with E-state index in [0.29, 0.717) is 0 Å². The van der Waals surface area contributed by atoms with Crippen molar-refractivity contribution in [1.29, 1.82) is 0 Å². The van der Waals surface area contributed by atoms with Gasteiger partial charge in [0.25, 0.3) is 0 Å². The summed E-state index contributed by atoms with van der Waals surface area (Å²) in [6.45, 7) is 4.20. The molecular formula is C13H18FNO. The predicted octanol–water partition coefficient (Wildman–Crippen LogP) is 3.08. The number of rotatable bonds is 2. The second kappa shape index (κ2) is 4.83. The Morgan fingerprint density at radius 1 is 1.25 bits per heavy atom. The summed E-state index contributed by atoms with van der Waals surface area (Å²) in [4.78, 5) is 2.34. The maximum atomic E-state index is 12.9. The average Bonchev–Trinajstić information content (AvgIpc) is 2.29. The molecule has 1 aromatic carbocycles. The largest absolute Gasteiger partial charge is 0.508 e. The van der Waals surface area contributed by atoms with Gasteiger partial charge in [-0.1, -0.05) is 12.5 Å². The van der Waals surface area contributed by atoms with Gasteiger partial charge in [0, 0.05) is 17.7 Å². The van der Waals surface area contributed by atoms with Gasteiger partial charge in [0.1, 0.15) is 11.6 Å². The van der Waals surface area contributed by atoms with Crippen LogP contribution in [0.2, 0.25) is 0 Å². The molecule has 88 valence electrons. The van der Waals surface area contributed by atoms with E-state index in [-0.39, 0.29) is 17.6 Å². The predicted molar refractivity (Wildman–Crippen MR) is 61.9 cm³/mol. The molecule has 0 aliphatic carbocycles. The summed E-state index contributed by atoms with van der Waals surface area (Å²) in [5.74, 6) is -0.315. The van der Waals surface area contributed by atoms with Crippen LogP contribution in [0.4, 0.5) is 4.39 Å². The maximum absolute atomic E-state index is 12.9. The van der Waals surface area contributed by atoms with Crippen LogP contribution in [0, 0.1) is 5.82 Å². The molecule has 0 aromatic heterocycles. The molecule has 0 saturated carbocycles. The van der Waals surface area contributed by atoms with Gasteiger partial charge in [-0.2, -0.15) is 0 Å². The van der Waals surface area contributed by atoms with Crippen molar-refractivity contribution in [2.75, 3.05) is 13.1 Å². The first-order valence-corrected chi connectivity index (χ1v) is 5.91. The minimum absolute atomic E-state index is 0.0677. The topological polar surface area (TPSA) is 23.5 Å². The smallest absolute Gasteiger partial charge is 0.126 e. The first kappa shape index (κ1) is 11.4. The van der Waals surface area contributed by atoms with Crippen LogP contribution >= 0.6 is 0 Å². The third-order valence-electron chi connectivity index (χ3n) is 3.38. The Morgan fingerprint density at radius 3 is 2.56 bits per heavy atom. The Kier molecular flexibility index (Phi) is 3.44. The van der Waals surface area contributed by atoms with E-state index in [4.69, 9.17) is 0 Å². The van der Waals surface area contributed by atoms with Crippen LogP contribution in [0.15, 0.2) is 18.2 Å². The van der Waals surface area contributed by atoms with Gasteiger partial charge in [-0.15, -0.1) is 0 Å². The van der Waals surface area contributed by atoms with Gasteiger partial charge in [0.15, 0.2) is 0 Å². The second-order valence-electron chi connectivity index (χ2n) is 4.48. The minimum atomic E-state index is -0.382. The highest BCUT2D eigenvalue weighted by molar-refractivity contribution is 5.35. The molecule has 1 unspecified atom stereocenters. The zero-order valence-corrected chi connectivity index (χ0v) is 9.62. The molecule has 0 amide bonds. The normalized spacial score (nSPS) is 19.6. The summed E-state index contributed by atoms with van der Waals surface area (Å²) >= 11 is 0. The Bertz CT molecular complexity index is 361. The van der Waals surface area contributed by atoms with E-state index in [0.717, 1.165) is 18.7 Å². The highest BCUT2D eigenvalue weighted by Gasteiger charge is 2.20. The molecular weight excluding hydrogens is 205 g/mol. The SMILES string of the molecule is CC(c1ccc(F)cc1O)N1CCCCC1. The molecule has 16 heavy (non-hydrogen) atoms. The second-order valence-corrected chi connectivity index (χ2v) is 4.48. The molecule has 1 aromatic rings. The molecule has 1 aliphatic rings. The van der Waals surface area contributed by atoms with Crippen LogP contribution in [-0.2, 0) is 0 Å². The lowest BCUT2D eigenvalue weighted by Gasteiger charge is -2.32. The Balaban J connectivity index is 2.15. The van der Waals surface area contributed by atoms with E-state index in [9.17, 15) is 9.50 Å². The van der Waals surface area contributed by atoms with Gasteiger partial charge < -0.3 is 5.11 Å². The fraction of sp³-hybridized carbons (Fsp3) is 0.538. The summed E-state index contributed by atoms with van der Waals surface area (Å²) in [6.07, 6.45) is 3.72. The van der Waals surface area contributed by atoms with Crippen molar-refractivity contribution in [3.05, 3.63) is 29.6 Å². The van der Waals surface area contributed by atoms with E-state index in [1.165, 1.54) is 31.4 Å². The van der Waals surface area contributed by atoms with Gasteiger partial charge in [-0.3, -0.25) is 4.90 Å². The van der Waals surface area contributed by atoms with Crippen molar-refractivity contribution < 1.29 is 9.50 Å². The van der Waals surface area contributed by atoms with Crippen LogP contribution in [0.3, 0.4) is 0 Å². The zero-order valence-electron chi connectivity index (χ0n) is 9.62. The number of nitrogens with zero attached hydrogens (tertiary/aromatic N) is 1. The maximum Gasteiger partial charge on any atom is 0.126 e. The highest BCUT2D eigenvalue weighted by atomic mass is 19.1. The number of hydrogen-bond acceptors (Lipinski definition) is 2. The number of aromatic hydroxyl groups is 1. The van der Waals surface area contributed by atoms with Crippen molar-refractivity contribution in [2.24, 2.45) is 0 Å². The molecule has 0 bridgehead atoms. The number of benzene rings is 1. The molecule has 1 fully saturated rings. The average molecular weight is 223 g/mol. The van der Waals surface area contributed by atoms with Crippen molar-refractivity contribution in [3.8, 4) is 5.75 Å². The Morgan fingerprint density at radius 2 is 1.94 bits per heavy atom. The lowest BCUT2D eigenvalue weighted by molar-refractivity contribution is 0.172. The molecule has 1 atom stereocenters. The molecule has 1 aliphatic heterocycles. The number of phenols is 1. The summed E-state index contributed by atoms with van der Waals surface area (Å²) in [6, 6.07) is 4.45. The first-order valence-electron chi connectivity index (χ1n) is 5.91. The van der Waals surface area contributed by atoms with E-state index in [1.807, 2.05) is 0 Å².